The van der Waals surface area contributed by atoms with Crippen LogP contribution in [0.25, 0.3) is 4.96 Å². The summed E-state index contributed by atoms with van der Waals surface area (Å²) in [6.45, 7) is 5.91. The third kappa shape index (κ3) is 3.07. The Bertz CT molecular complexity index is 937. The molecular weight excluding hydrogens is 332 g/mol. The molecule has 0 atom stereocenters. The fraction of sp³-hybridized carbons (Fsp3) is 0.312. The number of carbonyl (C=O) groups is 1. The van der Waals surface area contributed by atoms with E-state index in [2.05, 4.69) is 11.9 Å². The topological polar surface area (TPSA) is 60.7 Å². The van der Waals surface area contributed by atoms with Crippen LogP contribution in [0, 0.1) is 13.8 Å². The zero-order chi connectivity index (χ0) is 16.6. The SMILES string of the molecule is CCc1cc(C(=O)OCc2cc(=O)n3c(C)csc3n2)sc1C. The molecule has 0 saturated carbocycles. The molecule has 23 heavy (non-hydrogen) atoms. The summed E-state index contributed by atoms with van der Waals surface area (Å²) in [6.07, 6.45) is 0.891. The number of fused-ring (bicyclic) bond motifs is 1. The molecule has 0 amide bonds. The average Bonchev–Trinajstić information content (AvgIpc) is 3.08. The number of nitrogens with zero attached hydrogens (tertiary/aromatic N) is 2. The zero-order valence-electron chi connectivity index (χ0n) is 13.1. The lowest BCUT2D eigenvalue weighted by Gasteiger charge is -2.03. The van der Waals surface area contributed by atoms with Crippen molar-refractivity contribution in [3.63, 3.8) is 0 Å². The molecule has 0 unspecified atom stereocenters. The van der Waals surface area contributed by atoms with Gasteiger partial charge in [0.15, 0.2) is 4.96 Å². The Morgan fingerprint density at radius 2 is 2.13 bits per heavy atom. The smallest absolute Gasteiger partial charge is 0.348 e. The number of ether oxygens (including phenoxy) is 1. The van der Waals surface area contributed by atoms with Gasteiger partial charge in [-0.3, -0.25) is 9.20 Å². The van der Waals surface area contributed by atoms with Gasteiger partial charge < -0.3 is 4.74 Å². The van der Waals surface area contributed by atoms with Crippen molar-refractivity contribution >= 4 is 33.6 Å². The Labute approximate surface area is 141 Å². The van der Waals surface area contributed by atoms with Crippen LogP contribution in [0.3, 0.4) is 0 Å². The third-order valence-corrected chi connectivity index (χ3v) is 5.60. The lowest BCUT2D eigenvalue weighted by Crippen LogP contribution is -2.16. The van der Waals surface area contributed by atoms with Crippen molar-refractivity contribution in [2.75, 3.05) is 0 Å². The molecule has 3 heterocycles. The number of rotatable bonds is 4. The maximum atomic E-state index is 12.1. The lowest BCUT2D eigenvalue weighted by molar-refractivity contribution is 0.0473. The highest BCUT2D eigenvalue weighted by molar-refractivity contribution is 7.15. The van der Waals surface area contributed by atoms with E-state index in [1.54, 1.807) is 4.40 Å². The predicted molar refractivity (Wildman–Crippen MR) is 91.6 cm³/mol. The first kappa shape index (κ1) is 15.9. The van der Waals surface area contributed by atoms with Crippen LogP contribution in [0.1, 0.15) is 38.4 Å². The van der Waals surface area contributed by atoms with Gasteiger partial charge >= 0.3 is 5.97 Å². The van der Waals surface area contributed by atoms with Crippen molar-refractivity contribution in [3.05, 3.63) is 54.6 Å². The third-order valence-electron chi connectivity index (χ3n) is 3.58. The molecule has 3 rings (SSSR count). The summed E-state index contributed by atoms with van der Waals surface area (Å²) in [7, 11) is 0. The summed E-state index contributed by atoms with van der Waals surface area (Å²) >= 11 is 2.83. The van der Waals surface area contributed by atoms with E-state index >= 15 is 0 Å². The van der Waals surface area contributed by atoms with Gasteiger partial charge in [0.25, 0.3) is 5.56 Å². The minimum atomic E-state index is -0.373. The van der Waals surface area contributed by atoms with Crippen molar-refractivity contribution in [3.8, 4) is 0 Å². The zero-order valence-corrected chi connectivity index (χ0v) is 14.7. The molecule has 0 fully saturated rings. The fourth-order valence-electron chi connectivity index (χ4n) is 2.36. The van der Waals surface area contributed by atoms with Crippen LogP contribution in [-0.4, -0.2) is 15.4 Å². The first-order chi connectivity index (χ1) is 11.0. The van der Waals surface area contributed by atoms with Gasteiger partial charge in [0.05, 0.1) is 5.69 Å². The summed E-state index contributed by atoms with van der Waals surface area (Å²) in [5.41, 5.74) is 2.33. The second-order valence-corrected chi connectivity index (χ2v) is 7.30. The first-order valence-corrected chi connectivity index (χ1v) is 8.92. The van der Waals surface area contributed by atoms with Crippen LogP contribution in [0.4, 0.5) is 0 Å². The van der Waals surface area contributed by atoms with E-state index in [0.717, 1.165) is 22.6 Å². The summed E-state index contributed by atoms with van der Waals surface area (Å²) < 4.78 is 6.85. The second-order valence-electron chi connectivity index (χ2n) is 5.20. The van der Waals surface area contributed by atoms with E-state index in [0.29, 0.717) is 15.5 Å². The van der Waals surface area contributed by atoms with Gasteiger partial charge in [0.2, 0.25) is 0 Å². The number of esters is 1. The molecule has 0 bridgehead atoms. The van der Waals surface area contributed by atoms with Gasteiger partial charge in [0, 0.05) is 22.0 Å². The Hall–Kier alpha value is -1.99. The molecule has 0 saturated heterocycles. The summed E-state index contributed by atoms with van der Waals surface area (Å²) in [5, 5.41) is 1.88. The van der Waals surface area contributed by atoms with E-state index < -0.39 is 0 Å². The highest BCUT2D eigenvalue weighted by Crippen LogP contribution is 2.23. The molecule has 0 spiro atoms. The molecule has 5 nitrogen and oxygen atoms in total. The highest BCUT2D eigenvalue weighted by Gasteiger charge is 2.14. The van der Waals surface area contributed by atoms with Crippen LogP contribution in [0.2, 0.25) is 0 Å². The summed E-state index contributed by atoms with van der Waals surface area (Å²) in [4.78, 5) is 30.9. The number of aryl methyl sites for hydroxylation is 3. The normalized spacial score (nSPS) is 11.1. The van der Waals surface area contributed by atoms with Crippen molar-refractivity contribution < 1.29 is 9.53 Å². The maximum Gasteiger partial charge on any atom is 0.348 e. The number of thiophene rings is 1. The Balaban J connectivity index is 1.77. The monoisotopic (exact) mass is 348 g/mol. The number of carbonyl (C=O) groups excluding carboxylic acids is 1. The number of hydrogen-bond donors (Lipinski definition) is 0. The quantitative estimate of drug-likeness (QED) is 0.678. The second kappa shape index (κ2) is 6.25. The number of hydrogen-bond acceptors (Lipinski definition) is 6. The molecule has 0 N–H and O–H groups in total. The average molecular weight is 348 g/mol. The molecule has 0 aliphatic rings. The lowest BCUT2D eigenvalue weighted by atomic mass is 10.2. The number of thiazole rings is 1. The molecule has 3 aromatic heterocycles. The largest absolute Gasteiger partial charge is 0.455 e. The minimum Gasteiger partial charge on any atom is -0.455 e. The molecule has 7 heteroatoms. The van der Waals surface area contributed by atoms with E-state index in [1.165, 1.54) is 28.7 Å². The molecule has 0 radical (unpaired) electrons. The molecule has 120 valence electrons. The van der Waals surface area contributed by atoms with Crippen molar-refractivity contribution in [2.24, 2.45) is 0 Å². The van der Waals surface area contributed by atoms with Crippen LogP contribution < -0.4 is 5.56 Å². The Kier molecular flexibility index (Phi) is 4.32. The Morgan fingerprint density at radius 1 is 1.35 bits per heavy atom. The number of aromatic nitrogens is 2. The maximum absolute atomic E-state index is 12.1. The van der Waals surface area contributed by atoms with Gasteiger partial charge in [-0.25, -0.2) is 9.78 Å². The molecule has 3 aromatic rings. The van der Waals surface area contributed by atoms with E-state index in [1.807, 2.05) is 25.3 Å². The highest BCUT2D eigenvalue weighted by atomic mass is 32.1. The van der Waals surface area contributed by atoms with Crippen LogP contribution in [0.5, 0.6) is 0 Å². The fourth-order valence-corrected chi connectivity index (χ4v) is 4.26. The minimum absolute atomic E-state index is 0.0000725. The van der Waals surface area contributed by atoms with Crippen molar-refractivity contribution in [1.82, 2.24) is 9.38 Å². The van der Waals surface area contributed by atoms with Crippen molar-refractivity contribution in [1.29, 1.82) is 0 Å². The van der Waals surface area contributed by atoms with Crippen LogP contribution >= 0.6 is 22.7 Å². The Morgan fingerprint density at radius 3 is 2.83 bits per heavy atom. The van der Waals surface area contributed by atoms with Crippen molar-refractivity contribution in [2.45, 2.75) is 33.8 Å². The van der Waals surface area contributed by atoms with E-state index in [9.17, 15) is 9.59 Å². The van der Waals surface area contributed by atoms with Gasteiger partial charge in [-0.05, 0) is 31.9 Å². The standard InChI is InChI=1S/C16H16N2O3S2/c1-4-11-5-13(23-10(11)3)15(20)21-7-12-6-14(19)18-9(2)8-22-16(18)17-12/h5-6,8H,4,7H2,1-3H3. The van der Waals surface area contributed by atoms with Gasteiger partial charge in [-0.2, -0.15) is 0 Å². The van der Waals surface area contributed by atoms with Gasteiger partial charge in [-0.15, -0.1) is 22.7 Å². The van der Waals surface area contributed by atoms with Crippen LogP contribution in [-0.2, 0) is 17.8 Å². The summed E-state index contributed by atoms with van der Waals surface area (Å²) in [6, 6.07) is 3.29. The summed E-state index contributed by atoms with van der Waals surface area (Å²) in [5.74, 6) is -0.373. The van der Waals surface area contributed by atoms with Crippen LogP contribution in [0.15, 0.2) is 22.3 Å². The van der Waals surface area contributed by atoms with E-state index in [-0.39, 0.29) is 18.1 Å². The predicted octanol–water partition coefficient (Wildman–Crippen LogP) is 3.35. The van der Waals surface area contributed by atoms with E-state index in [4.69, 9.17) is 4.74 Å². The molecule has 0 aromatic carbocycles. The molecule has 0 aliphatic heterocycles. The van der Waals surface area contributed by atoms with Gasteiger partial charge in [-0.1, -0.05) is 6.92 Å². The molecule has 0 aliphatic carbocycles. The van der Waals surface area contributed by atoms with Gasteiger partial charge in [0.1, 0.15) is 11.5 Å². The molecular formula is C16H16N2O3S2. The first-order valence-electron chi connectivity index (χ1n) is 7.22.